The standard InChI is InChI=1S/C2H3ClO2.Na.H2O.H/c1-2(4)5-3;;;/h1H3;;1H2;/q;+1;;-1. The summed E-state index contributed by atoms with van der Waals surface area (Å²) in [5.74, 6) is -0.480. The fourth-order valence-corrected chi connectivity index (χ4v) is 0. The second kappa shape index (κ2) is 9.87. The molecule has 0 amide bonds. The summed E-state index contributed by atoms with van der Waals surface area (Å²) in [5.41, 5.74) is 0. The van der Waals surface area contributed by atoms with E-state index in [1.54, 1.807) is 0 Å². The van der Waals surface area contributed by atoms with Gasteiger partial charge in [-0.1, -0.05) is 0 Å². The summed E-state index contributed by atoms with van der Waals surface area (Å²) in [6, 6.07) is 0. The van der Waals surface area contributed by atoms with Crippen molar-refractivity contribution in [3.05, 3.63) is 0 Å². The molecule has 7 heavy (non-hydrogen) atoms. The molecule has 0 aromatic rings. The van der Waals surface area contributed by atoms with E-state index in [-0.39, 0.29) is 36.5 Å². The molecule has 0 rings (SSSR count). The van der Waals surface area contributed by atoms with Gasteiger partial charge in [0.05, 0.1) is 0 Å². The molecular formula is C2H6ClNaO3. The molecule has 0 spiro atoms. The predicted octanol–water partition coefficient (Wildman–Crippen LogP) is -3.00. The fourth-order valence-electron chi connectivity index (χ4n) is 0. The largest absolute Gasteiger partial charge is 1.00 e. The minimum atomic E-state index is -0.480. The Hall–Kier alpha value is 0.720. The third kappa shape index (κ3) is 20.2. The van der Waals surface area contributed by atoms with Gasteiger partial charge in [-0.15, -0.1) is 0 Å². The molecule has 0 bridgehead atoms. The van der Waals surface area contributed by atoms with Crippen molar-refractivity contribution in [2.45, 2.75) is 6.92 Å². The smallest absolute Gasteiger partial charge is 1.00 e. The van der Waals surface area contributed by atoms with Gasteiger partial charge in [0.25, 0.3) is 0 Å². The van der Waals surface area contributed by atoms with E-state index < -0.39 is 5.97 Å². The SMILES string of the molecule is CC(=O)OCl.O.[H-].[Na+]. The molecule has 0 aliphatic carbocycles. The van der Waals surface area contributed by atoms with Crippen LogP contribution in [0.5, 0.6) is 0 Å². The average molecular weight is 137 g/mol. The van der Waals surface area contributed by atoms with Crippen molar-refractivity contribution in [1.29, 1.82) is 0 Å². The van der Waals surface area contributed by atoms with Gasteiger partial charge >= 0.3 is 35.5 Å². The third-order valence-corrected chi connectivity index (χ3v) is 0.326. The van der Waals surface area contributed by atoms with Crippen LogP contribution in [0, 0.1) is 0 Å². The molecule has 0 saturated heterocycles. The van der Waals surface area contributed by atoms with Crippen molar-refractivity contribution in [1.82, 2.24) is 0 Å². The van der Waals surface area contributed by atoms with Crippen LogP contribution in [0.25, 0.3) is 0 Å². The molecule has 0 aliphatic heterocycles. The quantitative estimate of drug-likeness (QED) is 0.333. The summed E-state index contributed by atoms with van der Waals surface area (Å²) in [4.78, 5) is 9.46. The Morgan fingerprint density at radius 3 is 2.00 bits per heavy atom. The van der Waals surface area contributed by atoms with E-state index >= 15 is 0 Å². The summed E-state index contributed by atoms with van der Waals surface area (Å²) >= 11 is 4.49. The first-order valence-corrected chi connectivity index (χ1v) is 1.37. The van der Waals surface area contributed by atoms with Gasteiger partial charge in [0.15, 0.2) is 0 Å². The first kappa shape index (κ1) is 15.6. The molecule has 0 atom stereocenters. The first-order chi connectivity index (χ1) is 2.27. The van der Waals surface area contributed by atoms with Gasteiger partial charge in [-0.25, -0.2) is 0 Å². The third-order valence-electron chi connectivity index (χ3n) is 0.109. The summed E-state index contributed by atoms with van der Waals surface area (Å²) < 4.78 is 3.58. The molecule has 0 aromatic heterocycles. The molecule has 0 aromatic carbocycles. The first-order valence-electron chi connectivity index (χ1n) is 1.06. The normalized spacial score (nSPS) is 4.86. The van der Waals surface area contributed by atoms with Gasteiger partial charge in [-0.3, -0.25) is 4.79 Å². The minimum Gasteiger partial charge on any atom is -1.00 e. The summed E-state index contributed by atoms with van der Waals surface area (Å²) in [5, 5.41) is 0. The summed E-state index contributed by atoms with van der Waals surface area (Å²) in [6.45, 7) is 1.23. The zero-order valence-electron chi connectivity index (χ0n) is 5.19. The van der Waals surface area contributed by atoms with Crippen LogP contribution in [0.2, 0.25) is 0 Å². The van der Waals surface area contributed by atoms with Crippen molar-refractivity contribution in [2.75, 3.05) is 0 Å². The van der Waals surface area contributed by atoms with Crippen molar-refractivity contribution in [2.24, 2.45) is 0 Å². The molecule has 40 valence electrons. The van der Waals surface area contributed by atoms with Crippen molar-refractivity contribution < 1.29 is 45.5 Å². The molecule has 3 nitrogen and oxygen atoms in total. The van der Waals surface area contributed by atoms with Crippen LogP contribution in [0.4, 0.5) is 0 Å². The second-order valence-corrected chi connectivity index (χ2v) is 0.723. The van der Waals surface area contributed by atoms with Crippen LogP contribution in [-0.4, -0.2) is 11.4 Å². The molecule has 0 aliphatic rings. The van der Waals surface area contributed by atoms with Crippen molar-refractivity contribution in [3.8, 4) is 0 Å². The molecular weight excluding hydrogens is 130 g/mol. The Labute approximate surface area is 70.2 Å². The number of halogens is 1. The van der Waals surface area contributed by atoms with Gasteiger partial charge in [0.1, 0.15) is 11.9 Å². The van der Waals surface area contributed by atoms with E-state index in [2.05, 4.69) is 16.2 Å². The van der Waals surface area contributed by atoms with Crippen LogP contribution < -0.4 is 29.6 Å². The van der Waals surface area contributed by atoms with Gasteiger partial charge in [-0.2, -0.15) is 0 Å². The Balaban J connectivity index is -0.0000000267. The van der Waals surface area contributed by atoms with E-state index in [9.17, 15) is 4.79 Å². The molecule has 2 N–H and O–H groups in total. The van der Waals surface area contributed by atoms with E-state index in [1.807, 2.05) is 0 Å². The van der Waals surface area contributed by atoms with Crippen LogP contribution in [0.1, 0.15) is 8.35 Å². The number of hydrogen-bond acceptors (Lipinski definition) is 2. The van der Waals surface area contributed by atoms with Gasteiger partial charge in [-0.05, 0) is 0 Å². The number of rotatable bonds is 0. The van der Waals surface area contributed by atoms with Crippen molar-refractivity contribution in [3.63, 3.8) is 0 Å². The van der Waals surface area contributed by atoms with E-state index in [0.717, 1.165) is 0 Å². The summed E-state index contributed by atoms with van der Waals surface area (Å²) in [6.07, 6.45) is 0. The maximum atomic E-state index is 9.46. The number of hydrogen-bond donors (Lipinski definition) is 0. The van der Waals surface area contributed by atoms with Gasteiger partial charge in [0.2, 0.25) is 0 Å². The maximum absolute atomic E-state index is 9.46. The van der Waals surface area contributed by atoms with E-state index in [4.69, 9.17) is 0 Å². The number of carbonyl (C=O) groups is 1. The monoisotopic (exact) mass is 136 g/mol. The molecule has 0 fully saturated rings. The molecule has 0 saturated carbocycles. The molecule has 0 heterocycles. The molecule has 0 unspecified atom stereocenters. The van der Waals surface area contributed by atoms with Crippen LogP contribution in [0.3, 0.4) is 0 Å². The summed E-state index contributed by atoms with van der Waals surface area (Å²) in [7, 11) is 0. The zero-order chi connectivity index (χ0) is 4.28. The molecule has 0 radical (unpaired) electrons. The topological polar surface area (TPSA) is 57.8 Å². The number of carbonyl (C=O) groups excluding carboxylic acids is 1. The van der Waals surface area contributed by atoms with Crippen LogP contribution in [-0.2, 0) is 9.08 Å². The maximum Gasteiger partial charge on any atom is 1.00 e. The van der Waals surface area contributed by atoms with Crippen molar-refractivity contribution >= 4 is 17.8 Å². The van der Waals surface area contributed by atoms with E-state index in [0.29, 0.717) is 0 Å². The Morgan fingerprint density at radius 1 is 1.86 bits per heavy atom. The van der Waals surface area contributed by atoms with Gasteiger partial charge in [0, 0.05) is 6.92 Å². The Morgan fingerprint density at radius 2 is 2.00 bits per heavy atom. The fraction of sp³-hybridized carbons (Fsp3) is 0.500. The Kier molecular flexibility index (Phi) is 22.1. The second-order valence-electron chi connectivity index (χ2n) is 0.569. The average Bonchev–Trinajstić information content (AvgIpc) is 1.38. The van der Waals surface area contributed by atoms with Gasteiger partial charge < -0.3 is 11.2 Å². The molecule has 5 heteroatoms. The predicted molar refractivity (Wildman–Crippen MR) is 22.3 cm³/mol. The minimum absolute atomic E-state index is 0. The van der Waals surface area contributed by atoms with E-state index in [1.165, 1.54) is 6.92 Å². The van der Waals surface area contributed by atoms with Crippen LogP contribution in [0.15, 0.2) is 0 Å². The Bertz CT molecular complexity index is 52.5. The van der Waals surface area contributed by atoms with Crippen LogP contribution >= 0.6 is 11.9 Å². The zero-order valence-corrected chi connectivity index (χ0v) is 6.95.